The fourth-order valence-corrected chi connectivity index (χ4v) is 1.76. The van der Waals surface area contributed by atoms with Gasteiger partial charge >= 0.3 is 6.18 Å². The molecule has 108 valence electrons. The van der Waals surface area contributed by atoms with Gasteiger partial charge in [0.25, 0.3) is 0 Å². The summed E-state index contributed by atoms with van der Waals surface area (Å²) in [6, 6.07) is 1.72. The second-order valence-electron chi connectivity index (χ2n) is 4.20. The molecule has 2 aromatic rings. The van der Waals surface area contributed by atoms with E-state index in [1.165, 1.54) is 4.68 Å². The topological polar surface area (TPSA) is 69.6 Å². The molecule has 0 spiro atoms. The Morgan fingerprint density at radius 3 is 2.40 bits per heavy atom. The van der Waals surface area contributed by atoms with Crippen molar-refractivity contribution in [3.63, 3.8) is 0 Å². The maximum absolute atomic E-state index is 12.8. The van der Waals surface area contributed by atoms with E-state index in [4.69, 9.17) is 5.73 Å². The molecule has 0 aromatic carbocycles. The highest BCUT2D eigenvalue weighted by atomic mass is 19.4. The van der Waals surface area contributed by atoms with Crippen molar-refractivity contribution in [3.05, 3.63) is 29.3 Å². The largest absolute Gasteiger partial charge is 0.416 e. The molecule has 0 atom stereocenters. The lowest BCUT2D eigenvalue weighted by Gasteiger charge is -2.10. The summed E-state index contributed by atoms with van der Waals surface area (Å²) in [4.78, 5) is 8.15. The van der Waals surface area contributed by atoms with Crippen molar-refractivity contribution in [2.24, 2.45) is 0 Å². The first-order chi connectivity index (χ1) is 9.35. The molecule has 5 nitrogen and oxygen atoms in total. The van der Waals surface area contributed by atoms with Gasteiger partial charge in [0.15, 0.2) is 11.6 Å². The fourth-order valence-electron chi connectivity index (χ4n) is 1.76. The molecule has 0 aliphatic heterocycles. The number of aromatic nitrogens is 4. The zero-order valence-corrected chi connectivity index (χ0v) is 11.1. The third-order valence-corrected chi connectivity index (χ3v) is 2.73. The maximum Gasteiger partial charge on any atom is 0.416 e. The Balaban J connectivity index is 2.58. The van der Waals surface area contributed by atoms with Gasteiger partial charge in [0.05, 0.1) is 5.56 Å². The normalized spacial score (nSPS) is 11.8. The Hall–Kier alpha value is -2.12. The summed E-state index contributed by atoms with van der Waals surface area (Å²) in [6.45, 7) is 3.71. The molecule has 20 heavy (non-hydrogen) atoms. The minimum Gasteiger partial charge on any atom is -0.384 e. The van der Waals surface area contributed by atoms with E-state index in [-0.39, 0.29) is 11.6 Å². The van der Waals surface area contributed by atoms with Gasteiger partial charge in [-0.2, -0.15) is 17.9 Å². The minimum atomic E-state index is -4.48. The average molecular weight is 285 g/mol. The summed E-state index contributed by atoms with van der Waals surface area (Å²) in [6.07, 6.45) is -3.36. The number of hydrogen-bond donors (Lipinski definition) is 1. The highest BCUT2D eigenvalue weighted by molar-refractivity contribution is 5.41. The molecule has 0 aliphatic rings. The standard InChI is InChI=1S/C12H14F3N5/c1-3-9-18-10(4-2)20(19-9)11-6-7(12(13,14)15)5-8(16)17-11/h5-6H,3-4H2,1-2H3,(H2,16,17). The number of nitrogen functional groups attached to an aromatic ring is 1. The number of nitrogens with two attached hydrogens (primary N) is 1. The van der Waals surface area contributed by atoms with Crippen molar-refractivity contribution in [2.75, 3.05) is 5.73 Å². The molecule has 2 N–H and O–H groups in total. The Kier molecular flexibility index (Phi) is 3.65. The van der Waals surface area contributed by atoms with E-state index in [0.29, 0.717) is 24.5 Å². The highest BCUT2D eigenvalue weighted by Crippen LogP contribution is 2.31. The Morgan fingerprint density at radius 1 is 1.15 bits per heavy atom. The number of pyridine rings is 1. The van der Waals surface area contributed by atoms with Crippen LogP contribution in [-0.4, -0.2) is 19.7 Å². The summed E-state index contributed by atoms with van der Waals surface area (Å²) in [5.41, 5.74) is 4.60. The molecule has 0 fully saturated rings. The number of anilines is 1. The number of alkyl halides is 3. The number of nitrogens with zero attached hydrogens (tertiary/aromatic N) is 4. The molecule has 2 heterocycles. The molecular formula is C12H14F3N5. The summed E-state index contributed by atoms with van der Waals surface area (Å²) in [5.74, 6) is 0.930. The maximum atomic E-state index is 12.8. The van der Waals surface area contributed by atoms with E-state index in [2.05, 4.69) is 15.1 Å². The Morgan fingerprint density at radius 2 is 1.85 bits per heavy atom. The van der Waals surface area contributed by atoms with Crippen molar-refractivity contribution in [3.8, 4) is 5.82 Å². The highest BCUT2D eigenvalue weighted by Gasteiger charge is 2.32. The minimum absolute atomic E-state index is 0.0291. The molecule has 0 bridgehead atoms. The molecule has 0 saturated carbocycles. The van der Waals surface area contributed by atoms with Crippen LogP contribution in [0.3, 0.4) is 0 Å². The number of halogens is 3. The summed E-state index contributed by atoms with van der Waals surface area (Å²) in [5, 5.41) is 4.15. The third kappa shape index (κ3) is 2.73. The molecule has 0 amide bonds. The van der Waals surface area contributed by atoms with E-state index >= 15 is 0 Å². The second kappa shape index (κ2) is 5.10. The van der Waals surface area contributed by atoms with Crippen LogP contribution in [-0.2, 0) is 19.0 Å². The lowest BCUT2D eigenvalue weighted by atomic mass is 10.2. The third-order valence-electron chi connectivity index (χ3n) is 2.73. The van der Waals surface area contributed by atoms with Gasteiger partial charge in [-0.15, -0.1) is 5.10 Å². The quantitative estimate of drug-likeness (QED) is 0.940. The molecule has 0 aliphatic carbocycles. The molecule has 0 saturated heterocycles. The summed E-state index contributed by atoms with van der Waals surface area (Å²) < 4.78 is 39.7. The Labute approximate surface area is 113 Å². The van der Waals surface area contributed by atoms with Crippen molar-refractivity contribution in [1.82, 2.24) is 19.7 Å². The van der Waals surface area contributed by atoms with Crippen molar-refractivity contribution >= 4 is 5.82 Å². The van der Waals surface area contributed by atoms with Gasteiger partial charge in [-0.25, -0.2) is 9.97 Å². The van der Waals surface area contributed by atoms with Crippen molar-refractivity contribution < 1.29 is 13.2 Å². The van der Waals surface area contributed by atoms with Crippen LogP contribution < -0.4 is 5.73 Å². The van der Waals surface area contributed by atoms with Gasteiger partial charge in [-0.05, 0) is 12.1 Å². The molecule has 2 rings (SSSR count). The lowest BCUT2D eigenvalue weighted by molar-refractivity contribution is -0.137. The zero-order valence-electron chi connectivity index (χ0n) is 11.1. The lowest BCUT2D eigenvalue weighted by Crippen LogP contribution is -2.11. The average Bonchev–Trinajstić information content (AvgIpc) is 2.80. The van der Waals surface area contributed by atoms with Gasteiger partial charge < -0.3 is 5.73 Å². The molecule has 0 unspecified atom stereocenters. The first kappa shape index (κ1) is 14.3. The van der Waals surface area contributed by atoms with E-state index < -0.39 is 11.7 Å². The van der Waals surface area contributed by atoms with Crippen LogP contribution >= 0.6 is 0 Å². The van der Waals surface area contributed by atoms with Crippen molar-refractivity contribution in [1.29, 1.82) is 0 Å². The van der Waals surface area contributed by atoms with Crippen LogP contribution in [0.25, 0.3) is 5.82 Å². The smallest absolute Gasteiger partial charge is 0.384 e. The Bertz CT molecular complexity index is 618. The number of rotatable bonds is 3. The van der Waals surface area contributed by atoms with E-state index in [1.54, 1.807) is 0 Å². The van der Waals surface area contributed by atoms with Gasteiger partial charge in [0.2, 0.25) is 0 Å². The van der Waals surface area contributed by atoms with Gasteiger partial charge in [0.1, 0.15) is 11.6 Å². The zero-order chi connectivity index (χ0) is 14.9. The number of aryl methyl sites for hydroxylation is 2. The number of hydrogen-bond acceptors (Lipinski definition) is 4. The first-order valence-corrected chi connectivity index (χ1v) is 6.15. The molecular weight excluding hydrogens is 271 g/mol. The second-order valence-corrected chi connectivity index (χ2v) is 4.20. The first-order valence-electron chi connectivity index (χ1n) is 6.15. The van der Waals surface area contributed by atoms with Crippen LogP contribution in [0.1, 0.15) is 31.1 Å². The van der Waals surface area contributed by atoms with Crippen LogP contribution in [0.5, 0.6) is 0 Å². The fraction of sp³-hybridized carbons (Fsp3) is 0.417. The monoisotopic (exact) mass is 285 g/mol. The van der Waals surface area contributed by atoms with Gasteiger partial charge in [-0.1, -0.05) is 13.8 Å². The van der Waals surface area contributed by atoms with Crippen molar-refractivity contribution in [2.45, 2.75) is 32.9 Å². The van der Waals surface area contributed by atoms with E-state index in [9.17, 15) is 13.2 Å². The molecule has 0 radical (unpaired) electrons. The predicted molar refractivity (Wildman–Crippen MR) is 67.3 cm³/mol. The van der Waals surface area contributed by atoms with Gasteiger partial charge in [0, 0.05) is 12.8 Å². The van der Waals surface area contributed by atoms with Gasteiger partial charge in [-0.3, -0.25) is 0 Å². The summed E-state index contributed by atoms with van der Waals surface area (Å²) in [7, 11) is 0. The van der Waals surface area contributed by atoms with Crippen LogP contribution in [0.2, 0.25) is 0 Å². The molecule has 2 aromatic heterocycles. The predicted octanol–water partition coefficient (Wildman–Crippen LogP) is 2.39. The van der Waals surface area contributed by atoms with Crippen LogP contribution in [0, 0.1) is 0 Å². The van der Waals surface area contributed by atoms with Crippen LogP contribution in [0.15, 0.2) is 12.1 Å². The summed E-state index contributed by atoms with van der Waals surface area (Å²) >= 11 is 0. The van der Waals surface area contributed by atoms with E-state index in [1.807, 2.05) is 13.8 Å². The SMILES string of the molecule is CCc1nc(CC)n(-c2cc(C(F)(F)F)cc(N)n2)n1. The van der Waals surface area contributed by atoms with Crippen LogP contribution in [0.4, 0.5) is 19.0 Å². The van der Waals surface area contributed by atoms with E-state index in [0.717, 1.165) is 12.1 Å². The molecule has 8 heteroatoms.